The summed E-state index contributed by atoms with van der Waals surface area (Å²) in [6.07, 6.45) is 0. The number of benzene rings is 9. The molecule has 10 aromatic rings. The molecule has 12 rings (SSSR count). The summed E-state index contributed by atoms with van der Waals surface area (Å²) in [5.41, 5.74) is 15.3. The van der Waals surface area contributed by atoms with E-state index in [1.54, 1.807) is 0 Å². The highest BCUT2D eigenvalue weighted by Gasteiger charge is 2.39. The third kappa shape index (κ3) is 5.59. The van der Waals surface area contributed by atoms with Gasteiger partial charge in [0.25, 0.3) is 0 Å². The van der Waals surface area contributed by atoms with Gasteiger partial charge in [0.15, 0.2) is 0 Å². The molecule has 0 unspecified atom stereocenters. The number of aromatic nitrogens is 1. The van der Waals surface area contributed by atoms with Crippen molar-refractivity contribution < 1.29 is 8.78 Å². The molecule has 0 fully saturated rings. The third-order valence-electron chi connectivity index (χ3n) is 14.5. The first-order valence-electron chi connectivity index (χ1n) is 22.4. The van der Waals surface area contributed by atoms with Gasteiger partial charge in [-0.3, -0.25) is 0 Å². The monoisotopic (exact) mass is 850 g/mol. The minimum absolute atomic E-state index is 0.190. The zero-order valence-electron chi connectivity index (χ0n) is 37.2. The number of halogens is 2. The van der Waals surface area contributed by atoms with Gasteiger partial charge in [0.1, 0.15) is 11.6 Å². The zero-order valence-corrected chi connectivity index (χ0v) is 38.2. The van der Waals surface area contributed by atoms with Crippen LogP contribution in [0.15, 0.2) is 164 Å². The van der Waals surface area contributed by atoms with E-state index >= 15 is 0 Å². The molecule has 0 atom stereocenters. The van der Waals surface area contributed by atoms with Crippen LogP contribution in [0.3, 0.4) is 0 Å². The van der Waals surface area contributed by atoms with Crippen molar-refractivity contribution in [3.63, 3.8) is 0 Å². The summed E-state index contributed by atoms with van der Waals surface area (Å²) in [6, 6.07) is 57.8. The van der Waals surface area contributed by atoms with E-state index in [1.807, 2.05) is 0 Å². The van der Waals surface area contributed by atoms with Gasteiger partial charge in [-0.1, -0.05) is 125 Å². The Kier molecular flexibility index (Phi) is 8.10. The Hall–Kier alpha value is -6.82. The van der Waals surface area contributed by atoms with Crippen LogP contribution in [0, 0.1) is 11.6 Å². The van der Waals surface area contributed by atoms with E-state index < -0.39 is 25.1 Å². The summed E-state index contributed by atoms with van der Waals surface area (Å²) in [5.74, 6) is -1.15. The normalized spacial score (nSPS) is 14.6. The molecular weight excluding hydrogens is 803 g/mol. The molecule has 9 aromatic carbocycles. The number of hydrogen-bond donors (Lipinski definition) is 0. The van der Waals surface area contributed by atoms with Gasteiger partial charge >= 0.3 is 0 Å². The Morgan fingerprint density at radius 3 is 1.75 bits per heavy atom. The molecule has 0 saturated heterocycles. The fourth-order valence-corrected chi connectivity index (χ4v) is 12.4. The molecule has 5 heteroatoms. The zero-order chi connectivity index (χ0) is 44.0. The first kappa shape index (κ1) is 38.8. The van der Waals surface area contributed by atoms with Gasteiger partial charge in [-0.2, -0.15) is 0 Å². The van der Waals surface area contributed by atoms with Crippen molar-refractivity contribution in [2.45, 2.75) is 58.2 Å². The summed E-state index contributed by atoms with van der Waals surface area (Å²) in [5, 5.41) is 8.56. The third-order valence-corrected chi connectivity index (χ3v) is 16.6. The Balaban J connectivity index is 1.08. The highest BCUT2D eigenvalue weighted by molar-refractivity contribution is 6.88. The molecule has 1 aromatic heterocycles. The second kappa shape index (κ2) is 13.4. The lowest BCUT2D eigenvalue weighted by Crippen LogP contribution is -2.38. The van der Waals surface area contributed by atoms with Gasteiger partial charge in [-0.15, -0.1) is 0 Å². The van der Waals surface area contributed by atoms with Crippen molar-refractivity contribution in [2.24, 2.45) is 0 Å². The lowest BCUT2D eigenvalue weighted by Gasteiger charge is -2.30. The van der Waals surface area contributed by atoms with Crippen molar-refractivity contribution in [1.29, 1.82) is 0 Å². The Morgan fingerprint density at radius 2 is 1.02 bits per heavy atom. The number of para-hydroxylation sites is 2. The summed E-state index contributed by atoms with van der Waals surface area (Å²) in [4.78, 5) is 2.46. The molecular formula is C59H48F2N2Si. The summed E-state index contributed by atoms with van der Waals surface area (Å²) >= 11 is 0. The van der Waals surface area contributed by atoms with E-state index in [0.29, 0.717) is 5.56 Å². The molecule has 0 bridgehead atoms. The number of anilines is 3. The molecule has 2 aliphatic rings. The Bertz CT molecular complexity index is 3610. The van der Waals surface area contributed by atoms with E-state index in [2.05, 4.69) is 202 Å². The Morgan fingerprint density at radius 1 is 0.453 bits per heavy atom. The molecule has 2 aliphatic carbocycles. The SMILES string of the molecule is CC1(C)c2cc(N(c3cc4c5c(ccc6cc(-c7cc(F)cc(F)c7)cc(c65)C4(C)C)c3)c3ccc4c(c3)c3ccccc3n4-c3ccccc3)ccc2-c2ccc([Si](C)(C)C)cc21. The summed E-state index contributed by atoms with van der Waals surface area (Å²) in [7, 11) is -1.54. The fourth-order valence-electron chi connectivity index (χ4n) is 11.2. The lowest BCUT2D eigenvalue weighted by atomic mass is 9.80. The average molecular weight is 851 g/mol. The van der Waals surface area contributed by atoms with Crippen LogP contribution < -0.4 is 10.1 Å². The highest BCUT2D eigenvalue weighted by Crippen LogP contribution is 2.54. The predicted molar refractivity (Wildman–Crippen MR) is 268 cm³/mol. The molecule has 0 spiro atoms. The Labute approximate surface area is 374 Å². The van der Waals surface area contributed by atoms with Crippen molar-refractivity contribution in [3.05, 3.63) is 198 Å². The minimum atomic E-state index is -1.54. The minimum Gasteiger partial charge on any atom is -0.310 e. The van der Waals surface area contributed by atoms with Gasteiger partial charge < -0.3 is 9.47 Å². The molecule has 2 nitrogen and oxygen atoms in total. The average Bonchev–Trinajstić information content (AvgIpc) is 3.82. The number of rotatable bonds is 6. The quantitative estimate of drug-likeness (QED) is 0.120. The van der Waals surface area contributed by atoms with Crippen LogP contribution in [-0.4, -0.2) is 12.6 Å². The number of fused-ring (bicyclic) bond motifs is 6. The van der Waals surface area contributed by atoms with E-state index in [9.17, 15) is 8.78 Å². The smallest absolute Gasteiger partial charge is 0.126 e. The maximum absolute atomic E-state index is 14.6. The first-order chi connectivity index (χ1) is 30.7. The van der Waals surface area contributed by atoms with Crippen LogP contribution in [-0.2, 0) is 10.8 Å². The van der Waals surface area contributed by atoms with Crippen LogP contribution in [0.5, 0.6) is 0 Å². The maximum Gasteiger partial charge on any atom is 0.126 e. The van der Waals surface area contributed by atoms with Crippen LogP contribution >= 0.6 is 0 Å². The van der Waals surface area contributed by atoms with E-state index in [1.165, 1.54) is 77.8 Å². The van der Waals surface area contributed by atoms with Crippen LogP contribution in [0.4, 0.5) is 25.8 Å². The summed E-state index contributed by atoms with van der Waals surface area (Å²) in [6.45, 7) is 16.6. The summed E-state index contributed by atoms with van der Waals surface area (Å²) < 4.78 is 31.5. The standard InChI is InChI=1S/C59H48F2N2Si/c1-58(2)50-32-43(19-22-46(50)47-23-21-45(34-51(47)58)64(5,6)7)62(42-20-24-55-49(31-42)48-15-11-12-16-54(48)63(55)41-13-9-8-10-14-41)44-28-36-18-17-35-25-37(38-26-39(60)30-40(61)27-38)29-52-56(35)57(36)53(33-44)59(52,3)4/h8-34H,1-7H3. The molecule has 0 saturated carbocycles. The van der Waals surface area contributed by atoms with E-state index in [0.717, 1.165) is 50.7 Å². The fraction of sp³-hybridized carbons (Fsp3) is 0.153. The van der Waals surface area contributed by atoms with Crippen molar-refractivity contribution in [2.75, 3.05) is 4.90 Å². The topological polar surface area (TPSA) is 8.17 Å². The van der Waals surface area contributed by atoms with Crippen molar-refractivity contribution in [1.82, 2.24) is 4.57 Å². The van der Waals surface area contributed by atoms with Gasteiger partial charge in [0, 0.05) is 50.4 Å². The largest absolute Gasteiger partial charge is 0.310 e. The molecule has 0 radical (unpaired) electrons. The predicted octanol–water partition coefficient (Wildman–Crippen LogP) is 16.0. The lowest BCUT2D eigenvalue weighted by molar-refractivity contribution is 0.584. The second-order valence-electron chi connectivity index (χ2n) is 20.2. The van der Waals surface area contributed by atoms with Gasteiger partial charge in [0.2, 0.25) is 0 Å². The first-order valence-corrected chi connectivity index (χ1v) is 25.9. The molecule has 0 aliphatic heterocycles. The molecule has 0 amide bonds. The number of hydrogen-bond acceptors (Lipinski definition) is 1. The van der Waals surface area contributed by atoms with Crippen LogP contribution in [0.25, 0.3) is 71.3 Å². The maximum atomic E-state index is 14.6. The molecule has 64 heavy (non-hydrogen) atoms. The van der Waals surface area contributed by atoms with Crippen molar-refractivity contribution in [3.8, 4) is 27.9 Å². The molecule has 0 N–H and O–H groups in total. The van der Waals surface area contributed by atoms with Gasteiger partial charge in [-0.25, -0.2) is 8.78 Å². The highest BCUT2D eigenvalue weighted by atomic mass is 28.3. The molecule has 312 valence electrons. The second-order valence-corrected chi connectivity index (χ2v) is 25.2. The van der Waals surface area contributed by atoms with E-state index in [-0.39, 0.29) is 5.41 Å². The van der Waals surface area contributed by atoms with Crippen LogP contribution in [0.2, 0.25) is 19.6 Å². The van der Waals surface area contributed by atoms with Crippen molar-refractivity contribution >= 4 is 73.7 Å². The van der Waals surface area contributed by atoms with Gasteiger partial charge in [0.05, 0.1) is 19.1 Å². The van der Waals surface area contributed by atoms with Gasteiger partial charge in [-0.05, 0) is 151 Å². The number of nitrogens with zero attached hydrogens (tertiary/aromatic N) is 2. The van der Waals surface area contributed by atoms with Crippen LogP contribution in [0.1, 0.15) is 49.9 Å². The van der Waals surface area contributed by atoms with E-state index in [4.69, 9.17) is 0 Å². The molecule has 1 heterocycles.